The normalized spacial score (nSPS) is 8.73. The zero-order valence-electron chi connectivity index (χ0n) is 6.72. The van der Waals surface area contributed by atoms with Gasteiger partial charge in [-0.3, -0.25) is 4.79 Å². The van der Waals surface area contributed by atoms with E-state index in [0.29, 0.717) is 19.8 Å². The minimum absolute atomic E-state index is 0.118. The van der Waals surface area contributed by atoms with Crippen molar-refractivity contribution in [2.45, 2.75) is 13.3 Å². The lowest BCUT2D eigenvalue weighted by Crippen LogP contribution is -2.26. The van der Waals surface area contributed by atoms with Gasteiger partial charge in [-0.1, -0.05) is 5.92 Å². The molecule has 62 valence electrons. The summed E-state index contributed by atoms with van der Waals surface area (Å²) < 4.78 is 5.00. The lowest BCUT2D eigenvalue weighted by molar-refractivity contribution is -0.120. The fraction of sp³-hybridized carbons (Fsp3) is 0.625. The van der Waals surface area contributed by atoms with Crippen molar-refractivity contribution in [3.63, 3.8) is 0 Å². The molecular formula is C8H13NO2. The second kappa shape index (κ2) is 7.10. The molecule has 1 N–H and O–H groups in total. The summed E-state index contributed by atoms with van der Waals surface area (Å²) in [6.07, 6.45) is 5.06. The second-order valence-electron chi connectivity index (χ2n) is 1.93. The Bertz CT molecular complexity index is 149. The van der Waals surface area contributed by atoms with Gasteiger partial charge in [-0.25, -0.2) is 0 Å². The number of carbonyl (C=O) groups excluding carboxylic acids is 1. The third-order valence-electron chi connectivity index (χ3n) is 1.04. The van der Waals surface area contributed by atoms with E-state index in [4.69, 9.17) is 11.2 Å². The third-order valence-corrected chi connectivity index (χ3v) is 1.04. The lowest BCUT2D eigenvalue weighted by atomic mass is 10.4. The molecule has 3 nitrogen and oxygen atoms in total. The maximum Gasteiger partial charge on any atom is 0.232 e. The van der Waals surface area contributed by atoms with Crippen LogP contribution in [0.1, 0.15) is 13.3 Å². The minimum Gasteiger partial charge on any atom is -0.380 e. The Hall–Kier alpha value is -1.01. The minimum atomic E-state index is -0.118. The molecule has 0 bridgehead atoms. The maximum absolute atomic E-state index is 10.7. The topological polar surface area (TPSA) is 38.3 Å². The molecule has 0 unspecified atom stereocenters. The van der Waals surface area contributed by atoms with Gasteiger partial charge in [0.15, 0.2) is 0 Å². The Balaban J connectivity index is 3.12. The Morgan fingerprint density at radius 2 is 2.45 bits per heavy atom. The number of amides is 1. The van der Waals surface area contributed by atoms with Crippen molar-refractivity contribution in [1.29, 1.82) is 0 Å². The van der Waals surface area contributed by atoms with Crippen molar-refractivity contribution < 1.29 is 9.53 Å². The Morgan fingerprint density at radius 3 is 3.00 bits per heavy atom. The van der Waals surface area contributed by atoms with Gasteiger partial charge < -0.3 is 10.1 Å². The van der Waals surface area contributed by atoms with Gasteiger partial charge in [0.2, 0.25) is 5.91 Å². The summed E-state index contributed by atoms with van der Waals surface area (Å²) in [7, 11) is 0. The molecule has 0 saturated heterocycles. The summed E-state index contributed by atoms with van der Waals surface area (Å²) in [5.74, 6) is 2.14. The van der Waals surface area contributed by atoms with Gasteiger partial charge in [0.1, 0.15) is 0 Å². The fourth-order valence-corrected chi connectivity index (χ4v) is 0.562. The van der Waals surface area contributed by atoms with Crippen molar-refractivity contribution in [2.75, 3.05) is 19.8 Å². The average Bonchev–Trinajstić information content (AvgIpc) is 1.99. The van der Waals surface area contributed by atoms with Crippen molar-refractivity contribution in [1.82, 2.24) is 5.32 Å². The zero-order chi connectivity index (χ0) is 8.53. The molecule has 3 heteroatoms. The van der Waals surface area contributed by atoms with E-state index < -0.39 is 0 Å². The molecule has 0 aromatic heterocycles. The predicted molar refractivity (Wildman–Crippen MR) is 43.0 cm³/mol. The van der Waals surface area contributed by atoms with Crippen LogP contribution in [0.15, 0.2) is 0 Å². The maximum atomic E-state index is 10.7. The van der Waals surface area contributed by atoms with Gasteiger partial charge >= 0.3 is 0 Å². The number of nitrogens with one attached hydrogen (secondary N) is 1. The van der Waals surface area contributed by atoms with Crippen LogP contribution >= 0.6 is 0 Å². The first kappa shape index (κ1) is 9.99. The van der Waals surface area contributed by atoms with E-state index in [1.165, 1.54) is 0 Å². The predicted octanol–water partition coefficient (Wildman–Crippen LogP) is 0.162. The molecule has 0 atom stereocenters. The molecule has 0 aliphatic heterocycles. The van der Waals surface area contributed by atoms with E-state index in [1.54, 1.807) is 0 Å². The lowest BCUT2D eigenvalue weighted by Gasteiger charge is -2.01. The molecular weight excluding hydrogens is 142 g/mol. The van der Waals surface area contributed by atoms with Crippen molar-refractivity contribution in [3.05, 3.63) is 0 Å². The smallest absolute Gasteiger partial charge is 0.232 e. The number of hydrogen-bond donors (Lipinski definition) is 1. The summed E-state index contributed by atoms with van der Waals surface area (Å²) in [4.78, 5) is 10.7. The zero-order valence-corrected chi connectivity index (χ0v) is 6.72. The highest BCUT2D eigenvalue weighted by Gasteiger charge is 1.94. The average molecular weight is 155 g/mol. The highest BCUT2D eigenvalue weighted by Crippen LogP contribution is 1.75. The number of carbonyl (C=O) groups is 1. The van der Waals surface area contributed by atoms with Crippen LogP contribution in [0.2, 0.25) is 0 Å². The van der Waals surface area contributed by atoms with Crippen molar-refractivity contribution in [2.24, 2.45) is 0 Å². The molecule has 0 aromatic rings. The number of hydrogen-bond acceptors (Lipinski definition) is 2. The number of terminal acetylenes is 1. The van der Waals surface area contributed by atoms with E-state index >= 15 is 0 Å². The summed E-state index contributed by atoms with van der Waals surface area (Å²) in [6.45, 7) is 3.66. The van der Waals surface area contributed by atoms with Crippen LogP contribution in [0.5, 0.6) is 0 Å². The van der Waals surface area contributed by atoms with E-state index in [-0.39, 0.29) is 12.3 Å². The molecule has 11 heavy (non-hydrogen) atoms. The quantitative estimate of drug-likeness (QED) is 0.454. The molecule has 0 heterocycles. The van der Waals surface area contributed by atoms with E-state index in [2.05, 4.69) is 11.2 Å². The first-order chi connectivity index (χ1) is 5.31. The van der Waals surface area contributed by atoms with Crippen molar-refractivity contribution in [3.8, 4) is 12.3 Å². The first-order valence-electron chi connectivity index (χ1n) is 3.59. The highest BCUT2D eigenvalue weighted by atomic mass is 16.5. The number of ether oxygens (including phenoxy) is 1. The Morgan fingerprint density at radius 1 is 1.73 bits per heavy atom. The van der Waals surface area contributed by atoms with Crippen LogP contribution in [0.4, 0.5) is 0 Å². The van der Waals surface area contributed by atoms with Crippen LogP contribution in [0, 0.1) is 12.3 Å². The van der Waals surface area contributed by atoms with Gasteiger partial charge in [-0.15, -0.1) is 6.42 Å². The largest absolute Gasteiger partial charge is 0.380 e. The molecule has 0 fully saturated rings. The second-order valence-corrected chi connectivity index (χ2v) is 1.93. The third kappa shape index (κ3) is 6.88. The van der Waals surface area contributed by atoms with Gasteiger partial charge in [0.05, 0.1) is 13.0 Å². The van der Waals surface area contributed by atoms with Gasteiger partial charge in [0, 0.05) is 13.2 Å². The Labute approximate surface area is 67.1 Å². The van der Waals surface area contributed by atoms with Crippen LogP contribution in [-0.2, 0) is 9.53 Å². The van der Waals surface area contributed by atoms with Crippen LogP contribution in [-0.4, -0.2) is 25.7 Å². The first-order valence-corrected chi connectivity index (χ1v) is 3.59. The van der Waals surface area contributed by atoms with E-state index in [9.17, 15) is 4.79 Å². The molecule has 0 aliphatic carbocycles. The molecule has 1 amide bonds. The summed E-state index contributed by atoms with van der Waals surface area (Å²) >= 11 is 0. The van der Waals surface area contributed by atoms with Gasteiger partial charge in [0.25, 0.3) is 0 Å². The Kier molecular flexibility index (Phi) is 6.45. The van der Waals surface area contributed by atoms with E-state index in [0.717, 1.165) is 0 Å². The van der Waals surface area contributed by atoms with Crippen molar-refractivity contribution >= 4 is 5.91 Å². The van der Waals surface area contributed by atoms with Gasteiger partial charge in [-0.2, -0.15) is 0 Å². The molecule has 0 aliphatic rings. The highest BCUT2D eigenvalue weighted by molar-refractivity contribution is 5.78. The molecule has 0 spiro atoms. The molecule has 0 saturated carbocycles. The molecule has 0 radical (unpaired) electrons. The van der Waals surface area contributed by atoms with Gasteiger partial charge in [-0.05, 0) is 6.92 Å². The summed E-state index contributed by atoms with van der Waals surface area (Å²) in [5.41, 5.74) is 0. The summed E-state index contributed by atoms with van der Waals surface area (Å²) in [5, 5.41) is 2.61. The SMILES string of the molecule is C#CCC(=O)NCCOCC. The standard InChI is InChI=1S/C8H13NO2/c1-3-5-8(10)9-6-7-11-4-2/h1H,4-7H2,2H3,(H,9,10). The molecule has 0 aromatic carbocycles. The fourth-order valence-electron chi connectivity index (χ4n) is 0.562. The number of rotatable bonds is 5. The van der Waals surface area contributed by atoms with E-state index in [1.807, 2.05) is 6.92 Å². The summed E-state index contributed by atoms with van der Waals surface area (Å²) in [6, 6.07) is 0. The monoisotopic (exact) mass is 155 g/mol. The molecule has 0 rings (SSSR count). The van der Waals surface area contributed by atoms with Crippen LogP contribution in [0.3, 0.4) is 0 Å². The van der Waals surface area contributed by atoms with Crippen LogP contribution < -0.4 is 5.32 Å². The van der Waals surface area contributed by atoms with Crippen LogP contribution in [0.25, 0.3) is 0 Å².